The lowest BCUT2D eigenvalue weighted by molar-refractivity contribution is 0.0916. The Balaban J connectivity index is 1.82. The number of fused-ring (bicyclic) bond motifs is 1. The molecule has 0 aliphatic rings. The molecule has 2 aromatic carbocycles. The SMILES string of the molecule is C[C@@H](CO)Nc1cc2cc(C(=O)N[C@H](CO)c3cccc(F)c3)ccc2cn1. The number of nitrogens with one attached hydrogen (secondary N) is 2. The van der Waals surface area contributed by atoms with Crippen molar-refractivity contribution in [1.29, 1.82) is 0 Å². The number of halogens is 1. The summed E-state index contributed by atoms with van der Waals surface area (Å²) < 4.78 is 13.4. The average Bonchev–Trinajstić information content (AvgIpc) is 2.71. The van der Waals surface area contributed by atoms with E-state index in [4.69, 9.17) is 5.11 Å². The highest BCUT2D eigenvalue weighted by Gasteiger charge is 2.16. The molecule has 1 heterocycles. The normalized spacial score (nSPS) is 13.1. The molecule has 1 amide bonds. The van der Waals surface area contributed by atoms with Crippen molar-refractivity contribution < 1.29 is 19.4 Å². The summed E-state index contributed by atoms with van der Waals surface area (Å²) in [5.41, 5.74) is 0.903. The van der Waals surface area contributed by atoms with Crippen molar-refractivity contribution in [2.75, 3.05) is 18.5 Å². The summed E-state index contributed by atoms with van der Waals surface area (Å²) in [6.45, 7) is 1.46. The summed E-state index contributed by atoms with van der Waals surface area (Å²) in [5.74, 6) is -0.208. The Hall–Kier alpha value is -3.03. The Morgan fingerprint density at radius 1 is 1.11 bits per heavy atom. The molecule has 0 unspecified atom stereocenters. The predicted molar refractivity (Wildman–Crippen MR) is 106 cm³/mol. The number of pyridine rings is 1. The summed E-state index contributed by atoms with van der Waals surface area (Å²) >= 11 is 0. The van der Waals surface area contributed by atoms with Gasteiger partial charge in [0.15, 0.2) is 0 Å². The van der Waals surface area contributed by atoms with Crippen molar-refractivity contribution in [3.8, 4) is 0 Å². The molecule has 0 spiro atoms. The summed E-state index contributed by atoms with van der Waals surface area (Å²) in [6, 6.07) is 11.9. The van der Waals surface area contributed by atoms with Gasteiger partial charge in [-0.3, -0.25) is 4.79 Å². The van der Waals surface area contributed by atoms with Gasteiger partial charge in [0.05, 0.1) is 19.3 Å². The van der Waals surface area contributed by atoms with E-state index in [0.29, 0.717) is 16.9 Å². The van der Waals surface area contributed by atoms with Gasteiger partial charge in [-0.15, -0.1) is 0 Å². The molecule has 0 aliphatic heterocycles. The summed E-state index contributed by atoms with van der Waals surface area (Å²) in [4.78, 5) is 16.9. The van der Waals surface area contributed by atoms with Crippen LogP contribution in [0.25, 0.3) is 10.8 Å². The van der Waals surface area contributed by atoms with Gasteiger partial charge in [-0.25, -0.2) is 9.37 Å². The maximum atomic E-state index is 13.4. The second-order valence-electron chi connectivity index (χ2n) is 6.62. The van der Waals surface area contributed by atoms with E-state index < -0.39 is 11.9 Å². The fraction of sp³-hybridized carbons (Fsp3) is 0.238. The second-order valence-corrected chi connectivity index (χ2v) is 6.62. The van der Waals surface area contributed by atoms with Crippen molar-refractivity contribution in [1.82, 2.24) is 10.3 Å². The van der Waals surface area contributed by atoms with Gasteiger partial charge in [0.25, 0.3) is 5.91 Å². The fourth-order valence-electron chi connectivity index (χ4n) is 2.86. The van der Waals surface area contributed by atoms with E-state index >= 15 is 0 Å². The van der Waals surface area contributed by atoms with E-state index in [1.54, 1.807) is 36.5 Å². The lowest BCUT2D eigenvalue weighted by Crippen LogP contribution is -2.30. The molecule has 0 saturated carbocycles. The number of hydrogen-bond acceptors (Lipinski definition) is 5. The highest BCUT2D eigenvalue weighted by Crippen LogP contribution is 2.20. The Bertz CT molecular complexity index is 980. The van der Waals surface area contributed by atoms with Gasteiger partial charge in [0.2, 0.25) is 0 Å². The number of amides is 1. The van der Waals surface area contributed by atoms with Crippen LogP contribution in [0.2, 0.25) is 0 Å². The van der Waals surface area contributed by atoms with Gasteiger partial charge >= 0.3 is 0 Å². The number of carbonyl (C=O) groups excluding carboxylic acids is 1. The number of benzene rings is 2. The number of rotatable bonds is 7. The minimum Gasteiger partial charge on any atom is -0.394 e. The van der Waals surface area contributed by atoms with E-state index in [0.717, 1.165) is 10.8 Å². The smallest absolute Gasteiger partial charge is 0.251 e. The standard InChI is InChI=1S/C21H22FN3O3/c1-13(11-26)24-20-9-17-7-15(5-6-16(17)10-23-20)21(28)25-19(12-27)14-3-2-4-18(22)8-14/h2-10,13,19,26-27H,11-12H2,1H3,(H,23,24)(H,25,28)/t13-,19+/m0/s1. The van der Waals surface area contributed by atoms with Crippen molar-refractivity contribution in [2.45, 2.75) is 19.0 Å². The topological polar surface area (TPSA) is 94.5 Å². The lowest BCUT2D eigenvalue weighted by Gasteiger charge is -2.17. The molecule has 4 N–H and O–H groups in total. The number of anilines is 1. The first-order valence-corrected chi connectivity index (χ1v) is 8.94. The largest absolute Gasteiger partial charge is 0.394 e. The van der Waals surface area contributed by atoms with Crippen LogP contribution in [0.3, 0.4) is 0 Å². The third kappa shape index (κ3) is 4.62. The Labute approximate surface area is 162 Å². The molecule has 0 radical (unpaired) electrons. The van der Waals surface area contributed by atoms with Crippen LogP contribution in [0.4, 0.5) is 10.2 Å². The molecule has 2 atom stereocenters. The fourth-order valence-corrected chi connectivity index (χ4v) is 2.86. The first-order valence-electron chi connectivity index (χ1n) is 8.94. The third-order valence-corrected chi connectivity index (χ3v) is 4.39. The first-order chi connectivity index (χ1) is 13.5. The number of aliphatic hydroxyl groups is 2. The van der Waals surface area contributed by atoms with Crippen molar-refractivity contribution in [2.24, 2.45) is 0 Å². The summed E-state index contributed by atoms with van der Waals surface area (Å²) in [5, 5.41) is 26.2. The Morgan fingerprint density at radius 2 is 1.93 bits per heavy atom. The molecule has 0 fully saturated rings. The quantitative estimate of drug-likeness (QED) is 0.503. The van der Waals surface area contributed by atoms with Crippen molar-refractivity contribution in [3.63, 3.8) is 0 Å². The molecule has 0 bridgehead atoms. The second kappa shape index (κ2) is 8.77. The van der Waals surface area contributed by atoms with Gasteiger partial charge in [0.1, 0.15) is 11.6 Å². The highest BCUT2D eigenvalue weighted by molar-refractivity contribution is 5.99. The predicted octanol–water partition coefficient (Wildman–Crippen LogP) is 2.63. The van der Waals surface area contributed by atoms with Crippen LogP contribution in [0.1, 0.15) is 28.9 Å². The maximum Gasteiger partial charge on any atom is 0.251 e. The molecule has 0 aliphatic carbocycles. The molecule has 3 aromatic rings. The van der Waals surface area contributed by atoms with Crippen LogP contribution < -0.4 is 10.6 Å². The van der Waals surface area contributed by atoms with Crippen LogP contribution in [-0.2, 0) is 0 Å². The molecule has 6 nitrogen and oxygen atoms in total. The number of aromatic nitrogens is 1. The molecule has 3 rings (SSSR count). The van der Waals surface area contributed by atoms with E-state index in [2.05, 4.69) is 15.6 Å². The van der Waals surface area contributed by atoms with E-state index in [-0.39, 0.29) is 25.2 Å². The van der Waals surface area contributed by atoms with Crippen molar-refractivity contribution in [3.05, 3.63) is 71.7 Å². The highest BCUT2D eigenvalue weighted by atomic mass is 19.1. The zero-order chi connectivity index (χ0) is 20.1. The lowest BCUT2D eigenvalue weighted by atomic mass is 10.1. The third-order valence-electron chi connectivity index (χ3n) is 4.39. The summed E-state index contributed by atoms with van der Waals surface area (Å²) in [6.07, 6.45) is 1.69. The molecular weight excluding hydrogens is 361 g/mol. The monoisotopic (exact) mass is 383 g/mol. The van der Waals surface area contributed by atoms with Crippen LogP contribution in [0.15, 0.2) is 54.7 Å². The van der Waals surface area contributed by atoms with Gasteiger partial charge in [-0.1, -0.05) is 18.2 Å². The van der Waals surface area contributed by atoms with E-state index in [1.165, 1.54) is 18.2 Å². The van der Waals surface area contributed by atoms with Crippen LogP contribution in [-0.4, -0.2) is 40.4 Å². The minimum absolute atomic E-state index is 0.0230. The van der Waals surface area contributed by atoms with E-state index in [1.807, 2.05) is 6.92 Å². The van der Waals surface area contributed by atoms with Gasteiger partial charge < -0.3 is 20.8 Å². The van der Waals surface area contributed by atoms with Gasteiger partial charge in [0, 0.05) is 23.2 Å². The molecule has 146 valence electrons. The van der Waals surface area contributed by atoms with Gasteiger partial charge in [-0.05, 0) is 48.2 Å². The summed E-state index contributed by atoms with van der Waals surface area (Å²) in [7, 11) is 0. The first kappa shape index (κ1) is 19.7. The molecule has 7 heteroatoms. The van der Waals surface area contributed by atoms with Crippen LogP contribution in [0, 0.1) is 5.82 Å². The van der Waals surface area contributed by atoms with Crippen LogP contribution >= 0.6 is 0 Å². The Morgan fingerprint density at radius 3 is 2.64 bits per heavy atom. The zero-order valence-corrected chi connectivity index (χ0v) is 15.4. The van der Waals surface area contributed by atoms with Gasteiger partial charge in [-0.2, -0.15) is 0 Å². The van der Waals surface area contributed by atoms with Crippen molar-refractivity contribution >= 4 is 22.5 Å². The molecule has 1 aromatic heterocycles. The maximum absolute atomic E-state index is 13.4. The number of nitrogens with zero attached hydrogens (tertiary/aromatic N) is 1. The average molecular weight is 383 g/mol. The van der Waals surface area contributed by atoms with E-state index in [9.17, 15) is 14.3 Å². The number of aliphatic hydroxyl groups excluding tert-OH is 2. The van der Waals surface area contributed by atoms with Crippen LogP contribution in [0.5, 0.6) is 0 Å². The number of carbonyl (C=O) groups is 1. The molecule has 0 saturated heterocycles. The molecule has 28 heavy (non-hydrogen) atoms. The number of hydrogen-bond donors (Lipinski definition) is 4. The Kier molecular flexibility index (Phi) is 6.18. The minimum atomic E-state index is -0.709. The molecular formula is C21H22FN3O3. The zero-order valence-electron chi connectivity index (χ0n) is 15.4.